The van der Waals surface area contributed by atoms with Gasteiger partial charge in [-0.1, -0.05) is 6.07 Å². The van der Waals surface area contributed by atoms with Gasteiger partial charge in [0.1, 0.15) is 0 Å². The molecule has 0 aliphatic rings. The Bertz CT molecular complexity index is 729. The van der Waals surface area contributed by atoms with E-state index in [0.29, 0.717) is 18.1 Å². The average molecular weight is 339 g/mol. The normalized spacial score (nSPS) is 11.0. The van der Waals surface area contributed by atoms with Gasteiger partial charge in [-0.05, 0) is 43.3 Å². The third-order valence-electron chi connectivity index (χ3n) is 3.17. The Morgan fingerprint density at radius 1 is 1.12 bits per heavy atom. The van der Waals surface area contributed by atoms with Gasteiger partial charge in [-0.25, -0.2) is 0 Å². The molecule has 128 valence electrons. The molecule has 0 fully saturated rings. The number of nitrogens with one attached hydrogen (secondary N) is 1. The summed E-state index contributed by atoms with van der Waals surface area (Å²) >= 11 is 0. The highest BCUT2D eigenvalue weighted by molar-refractivity contribution is 6.04. The molecule has 7 heteroatoms. The van der Waals surface area contributed by atoms with Crippen LogP contribution in [0.15, 0.2) is 42.5 Å². The average Bonchev–Trinajstić information content (AvgIpc) is 2.55. The summed E-state index contributed by atoms with van der Waals surface area (Å²) in [6.45, 7) is 2.25. The Kier molecular flexibility index (Phi) is 5.33. The number of benzene rings is 2. The summed E-state index contributed by atoms with van der Waals surface area (Å²) in [7, 11) is 1.44. The van der Waals surface area contributed by atoms with E-state index in [1.54, 1.807) is 6.07 Å². The molecule has 1 N–H and O–H groups in total. The summed E-state index contributed by atoms with van der Waals surface area (Å²) in [5, 5.41) is 2.44. The number of hydrogen-bond donors (Lipinski definition) is 1. The molecule has 0 radical (unpaired) electrons. The van der Waals surface area contributed by atoms with Crippen LogP contribution in [0.4, 0.5) is 18.9 Å². The topological polar surface area (TPSA) is 47.6 Å². The monoisotopic (exact) mass is 339 g/mol. The number of alkyl halides is 3. The first kappa shape index (κ1) is 17.7. The minimum absolute atomic E-state index is 0.0580. The van der Waals surface area contributed by atoms with Crippen molar-refractivity contribution in [2.45, 2.75) is 13.1 Å². The predicted octanol–water partition coefficient (Wildman–Crippen LogP) is 4.37. The smallest absolute Gasteiger partial charge is 0.416 e. The van der Waals surface area contributed by atoms with Gasteiger partial charge in [-0.15, -0.1) is 0 Å². The fourth-order valence-electron chi connectivity index (χ4n) is 2.06. The van der Waals surface area contributed by atoms with Gasteiger partial charge in [0.25, 0.3) is 5.91 Å². The molecule has 1 amide bonds. The second-order valence-electron chi connectivity index (χ2n) is 4.83. The van der Waals surface area contributed by atoms with Crippen molar-refractivity contribution in [1.29, 1.82) is 0 Å². The molecule has 24 heavy (non-hydrogen) atoms. The van der Waals surface area contributed by atoms with E-state index in [-0.39, 0.29) is 11.3 Å². The van der Waals surface area contributed by atoms with E-state index in [9.17, 15) is 18.0 Å². The number of anilines is 1. The van der Waals surface area contributed by atoms with Crippen molar-refractivity contribution in [2.24, 2.45) is 0 Å². The number of halogens is 3. The van der Waals surface area contributed by atoms with Crippen LogP contribution in [0, 0.1) is 0 Å². The van der Waals surface area contributed by atoms with Crippen molar-refractivity contribution < 1.29 is 27.4 Å². The quantitative estimate of drug-likeness (QED) is 0.880. The van der Waals surface area contributed by atoms with Gasteiger partial charge < -0.3 is 14.8 Å². The maximum atomic E-state index is 12.7. The van der Waals surface area contributed by atoms with Crippen molar-refractivity contribution in [1.82, 2.24) is 0 Å². The van der Waals surface area contributed by atoms with Gasteiger partial charge in [0, 0.05) is 11.3 Å². The summed E-state index contributed by atoms with van der Waals surface area (Å²) in [5.41, 5.74) is -0.528. The molecule has 0 aromatic heterocycles. The molecule has 2 rings (SSSR count). The molecule has 0 saturated carbocycles. The van der Waals surface area contributed by atoms with E-state index in [1.165, 1.54) is 31.4 Å². The van der Waals surface area contributed by atoms with Gasteiger partial charge >= 0.3 is 6.18 Å². The maximum Gasteiger partial charge on any atom is 0.416 e. The van der Waals surface area contributed by atoms with E-state index in [2.05, 4.69) is 5.32 Å². The largest absolute Gasteiger partial charge is 0.493 e. The molecule has 2 aromatic carbocycles. The fraction of sp³-hybridized carbons (Fsp3) is 0.235. The van der Waals surface area contributed by atoms with Crippen LogP contribution in [0.25, 0.3) is 0 Å². The molecule has 0 aliphatic carbocycles. The van der Waals surface area contributed by atoms with E-state index in [0.717, 1.165) is 12.1 Å². The van der Waals surface area contributed by atoms with E-state index < -0.39 is 17.6 Å². The Hall–Kier alpha value is -2.70. The van der Waals surface area contributed by atoms with Crippen LogP contribution in [0.5, 0.6) is 11.5 Å². The SMILES string of the molecule is CCOc1ccc(C(=O)Nc2cccc(C(F)(F)F)c2)cc1OC. The molecule has 0 unspecified atom stereocenters. The molecule has 0 atom stereocenters. The number of hydrogen-bond acceptors (Lipinski definition) is 3. The van der Waals surface area contributed by atoms with Gasteiger partial charge in [0.2, 0.25) is 0 Å². The van der Waals surface area contributed by atoms with Crippen LogP contribution in [0.2, 0.25) is 0 Å². The van der Waals surface area contributed by atoms with Gasteiger partial charge in [-0.3, -0.25) is 4.79 Å². The third kappa shape index (κ3) is 4.18. The number of methoxy groups -OCH3 is 1. The Balaban J connectivity index is 2.21. The number of carbonyl (C=O) groups excluding carboxylic acids is 1. The molecule has 0 spiro atoms. The summed E-state index contributed by atoms with van der Waals surface area (Å²) in [5.74, 6) is 0.305. The molecular formula is C17H16F3NO3. The molecule has 0 aliphatic heterocycles. The highest BCUT2D eigenvalue weighted by Crippen LogP contribution is 2.31. The van der Waals surface area contributed by atoms with Crippen LogP contribution in [0.1, 0.15) is 22.8 Å². The number of carbonyl (C=O) groups is 1. The first-order valence-corrected chi connectivity index (χ1v) is 7.14. The summed E-state index contributed by atoms with van der Waals surface area (Å²) in [4.78, 5) is 12.2. The summed E-state index contributed by atoms with van der Waals surface area (Å²) in [6, 6.07) is 8.99. The molecule has 4 nitrogen and oxygen atoms in total. The van der Waals surface area contributed by atoms with Crippen molar-refractivity contribution in [3.63, 3.8) is 0 Å². The van der Waals surface area contributed by atoms with Gasteiger partial charge in [0.15, 0.2) is 11.5 Å². The zero-order valence-electron chi connectivity index (χ0n) is 13.1. The first-order chi connectivity index (χ1) is 11.3. The van der Waals surface area contributed by atoms with Gasteiger partial charge in [-0.2, -0.15) is 13.2 Å². The Morgan fingerprint density at radius 2 is 1.88 bits per heavy atom. The lowest BCUT2D eigenvalue weighted by Crippen LogP contribution is -2.13. The minimum atomic E-state index is -4.47. The lowest BCUT2D eigenvalue weighted by atomic mass is 10.1. The highest BCUT2D eigenvalue weighted by Gasteiger charge is 2.30. The van der Waals surface area contributed by atoms with Crippen LogP contribution in [-0.2, 0) is 6.18 Å². The number of ether oxygens (including phenoxy) is 2. The molecule has 0 saturated heterocycles. The third-order valence-corrected chi connectivity index (χ3v) is 3.17. The predicted molar refractivity (Wildman–Crippen MR) is 83.6 cm³/mol. The second-order valence-corrected chi connectivity index (χ2v) is 4.83. The number of rotatable bonds is 5. The highest BCUT2D eigenvalue weighted by atomic mass is 19.4. The zero-order valence-corrected chi connectivity index (χ0v) is 13.1. The zero-order chi connectivity index (χ0) is 17.7. The van der Waals surface area contributed by atoms with Crippen molar-refractivity contribution in [3.05, 3.63) is 53.6 Å². The molecular weight excluding hydrogens is 323 g/mol. The van der Waals surface area contributed by atoms with E-state index >= 15 is 0 Å². The van der Waals surface area contributed by atoms with Crippen molar-refractivity contribution in [2.75, 3.05) is 19.0 Å². The summed E-state index contributed by atoms with van der Waals surface area (Å²) in [6.07, 6.45) is -4.47. The lowest BCUT2D eigenvalue weighted by Gasteiger charge is -2.12. The first-order valence-electron chi connectivity index (χ1n) is 7.14. The summed E-state index contributed by atoms with van der Waals surface area (Å²) < 4.78 is 48.6. The van der Waals surface area contributed by atoms with Gasteiger partial charge in [0.05, 0.1) is 19.3 Å². The standard InChI is InChI=1S/C17H16F3NO3/c1-3-24-14-8-7-11(9-15(14)23-2)16(22)21-13-6-4-5-12(10-13)17(18,19)20/h4-10H,3H2,1-2H3,(H,21,22). The second kappa shape index (κ2) is 7.25. The molecule has 0 heterocycles. The van der Waals surface area contributed by atoms with E-state index in [1.807, 2.05) is 6.92 Å². The maximum absolute atomic E-state index is 12.7. The fourth-order valence-corrected chi connectivity index (χ4v) is 2.06. The molecule has 2 aromatic rings. The van der Waals surface area contributed by atoms with Crippen molar-refractivity contribution in [3.8, 4) is 11.5 Å². The van der Waals surface area contributed by atoms with Crippen molar-refractivity contribution >= 4 is 11.6 Å². The molecule has 0 bridgehead atoms. The van der Waals surface area contributed by atoms with Crippen LogP contribution in [-0.4, -0.2) is 19.6 Å². The van der Waals surface area contributed by atoms with E-state index in [4.69, 9.17) is 9.47 Å². The lowest BCUT2D eigenvalue weighted by molar-refractivity contribution is -0.137. The number of amides is 1. The Labute approximate surface area is 137 Å². The Morgan fingerprint density at radius 3 is 2.50 bits per heavy atom. The van der Waals surface area contributed by atoms with Crippen LogP contribution >= 0.6 is 0 Å². The van der Waals surface area contributed by atoms with Crippen LogP contribution in [0.3, 0.4) is 0 Å². The van der Waals surface area contributed by atoms with Crippen LogP contribution < -0.4 is 14.8 Å². The minimum Gasteiger partial charge on any atom is -0.493 e.